The Morgan fingerprint density at radius 2 is 2.00 bits per heavy atom. The number of nitrogens with one attached hydrogen (secondary N) is 1. The lowest BCUT2D eigenvalue weighted by atomic mass is 9.86. The van der Waals surface area contributed by atoms with Gasteiger partial charge in [-0.05, 0) is 49.1 Å². The fraction of sp³-hybridized carbons (Fsp3) is 0.556. The molecule has 0 unspecified atom stereocenters. The highest BCUT2D eigenvalue weighted by molar-refractivity contribution is 5.94. The summed E-state index contributed by atoms with van der Waals surface area (Å²) in [6, 6.07) is 5.85. The number of carbonyl (C=O) groups excluding carboxylic acids is 2. The van der Waals surface area contributed by atoms with E-state index in [0.717, 1.165) is 12.3 Å². The number of para-hydroxylation sites is 2. The first-order valence-corrected chi connectivity index (χ1v) is 8.50. The van der Waals surface area contributed by atoms with E-state index in [1.807, 2.05) is 0 Å². The number of rotatable bonds is 7. The van der Waals surface area contributed by atoms with E-state index in [0.29, 0.717) is 18.3 Å². The van der Waals surface area contributed by atoms with Crippen LogP contribution >= 0.6 is 0 Å². The summed E-state index contributed by atoms with van der Waals surface area (Å²) in [5, 5.41) is 2.42. The van der Waals surface area contributed by atoms with Crippen molar-refractivity contribution in [2.75, 3.05) is 11.9 Å². The molecule has 5 nitrogen and oxygen atoms in total. The number of hydrogen-bond acceptors (Lipinski definition) is 4. The molecule has 3 atom stereocenters. The van der Waals surface area contributed by atoms with Crippen LogP contribution in [0.1, 0.15) is 32.1 Å². The van der Waals surface area contributed by atoms with Gasteiger partial charge in [0.2, 0.25) is 0 Å². The van der Waals surface area contributed by atoms with Crippen molar-refractivity contribution in [1.82, 2.24) is 0 Å². The van der Waals surface area contributed by atoms with Crippen LogP contribution in [0.5, 0.6) is 5.75 Å². The van der Waals surface area contributed by atoms with Gasteiger partial charge in [-0.3, -0.25) is 9.59 Å². The number of esters is 1. The van der Waals surface area contributed by atoms with Gasteiger partial charge in [0, 0.05) is 6.42 Å². The van der Waals surface area contributed by atoms with Gasteiger partial charge in [-0.1, -0.05) is 18.6 Å². The minimum absolute atomic E-state index is 0.108. The van der Waals surface area contributed by atoms with E-state index >= 15 is 0 Å². The molecule has 1 aromatic rings. The molecular formula is C18H21F2NO4. The molecular weight excluding hydrogens is 332 g/mol. The largest absolute Gasteiger partial charge is 0.456 e. The number of fused-ring (bicyclic) bond motifs is 2. The van der Waals surface area contributed by atoms with Crippen LogP contribution in [0.15, 0.2) is 24.3 Å². The zero-order valence-electron chi connectivity index (χ0n) is 13.8. The van der Waals surface area contributed by atoms with Crippen LogP contribution in [0.25, 0.3) is 0 Å². The van der Waals surface area contributed by atoms with Crippen molar-refractivity contribution >= 4 is 17.6 Å². The van der Waals surface area contributed by atoms with Crippen molar-refractivity contribution in [3.8, 4) is 5.75 Å². The Morgan fingerprint density at radius 3 is 2.68 bits per heavy atom. The summed E-state index contributed by atoms with van der Waals surface area (Å²) in [5.41, 5.74) is 0.108. The zero-order valence-corrected chi connectivity index (χ0v) is 13.8. The van der Waals surface area contributed by atoms with Crippen LogP contribution < -0.4 is 10.1 Å². The van der Waals surface area contributed by atoms with Crippen LogP contribution in [-0.2, 0) is 14.3 Å². The number of anilines is 1. The van der Waals surface area contributed by atoms with E-state index in [9.17, 15) is 18.4 Å². The molecule has 0 radical (unpaired) electrons. The summed E-state index contributed by atoms with van der Waals surface area (Å²) in [6.45, 7) is -3.43. The predicted octanol–water partition coefficient (Wildman–Crippen LogP) is 3.60. The molecule has 0 aliphatic heterocycles. The van der Waals surface area contributed by atoms with Crippen LogP contribution in [0.2, 0.25) is 0 Å². The molecule has 2 saturated carbocycles. The standard InChI is InChI=1S/C18H21F2NO4/c19-18(20)25-15-4-2-1-3-14(15)21-16(22)10-24-17(23)9-13-8-11-5-6-12(13)7-11/h1-4,11-13,18H,5-10H2,(H,21,22)/t11-,12+,13+/m0/s1. The number of ether oxygens (including phenoxy) is 2. The number of carbonyl (C=O) groups is 2. The molecule has 2 aliphatic rings. The monoisotopic (exact) mass is 353 g/mol. The van der Waals surface area contributed by atoms with Gasteiger partial charge in [-0.2, -0.15) is 8.78 Å². The molecule has 2 fully saturated rings. The van der Waals surface area contributed by atoms with Crippen molar-refractivity contribution in [3.05, 3.63) is 24.3 Å². The van der Waals surface area contributed by atoms with Gasteiger partial charge in [0.25, 0.3) is 5.91 Å². The molecule has 1 aromatic carbocycles. The molecule has 25 heavy (non-hydrogen) atoms. The first kappa shape index (κ1) is 17.6. The van der Waals surface area contributed by atoms with Crippen molar-refractivity contribution in [2.24, 2.45) is 17.8 Å². The Bertz CT molecular complexity index is 637. The molecule has 136 valence electrons. The summed E-state index contributed by atoms with van der Waals surface area (Å²) >= 11 is 0. The molecule has 0 aromatic heterocycles. The number of halogens is 2. The molecule has 3 rings (SSSR count). The van der Waals surface area contributed by atoms with Gasteiger partial charge in [0.05, 0.1) is 5.69 Å². The van der Waals surface area contributed by atoms with Gasteiger partial charge in [-0.25, -0.2) is 0 Å². The average molecular weight is 353 g/mol. The Labute approximate surface area is 144 Å². The summed E-state index contributed by atoms with van der Waals surface area (Å²) in [6.07, 6.45) is 5.08. The second kappa shape index (κ2) is 7.80. The number of benzene rings is 1. The molecule has 0 saturated heterocycles. The van der Waals surface area contributed by atoms with E-state index in [1.54, 1.807) is 6.07 Å². The van der Waals surface area contributed by atoms with E-state index in [2.05, 4.69) is 10.1 Å². The zero-order chi connectivity index (χ0) is 17.8. The quantitative estimate of drug-likeness (QED) is 0.761. The lowest BCUT2D eigenvalue weighted by molar-refractivity contribution is -0.148. The maximum Gasteiger partial charge on any atom is 0.387 e. The SMILES string of the molecule is O=C(COC(=O)C[C@H]1C[C@H]2CC[C@@H]1C2)Nc1ccccc1OC(F)F. The minimum Gasteiger partial charge on any atom is -0.456 e. The van der Waals surface area contributed by atoms with Gasteiger partial charge in [-0.15, -0.1) is 0 Å². The fourth-order valence-corrected chi connectivity index (χ4v) is 4.00. The van der Waals surface area contributed by atoms with Crippen LogP contribution in [-0.4, -0.2) is 25.1 Å². The molecule has 2 bridgehead atoms. The molecule has 0 spiro atoms. The summed E-state index contributed by atoms with van der Waals surface area (Å²) in [5.74, 6) is 0.618. The molecule has 1 amide bonds. The van der Waals surface area contributed by atoms with Crippen LogP contribution in [0, 0.1) is 17.8 Å². The first-order chi connectivity index (χ1) is 12.0. The Morgan fingerprint density at radius 1 is 1.20 bits per heavy atom. The highest BCUT2D eigenvalue weighted by Crippen LogP contribution is 2.49. The van der Waals surface area contributed by atoms with Gasteiger partial charge < -0.3 is 14.8 Å². The van der Waals surface area contributed by atoms with Gasteiger partial charge in [0.1, 0.15) is 5.75 Å². The van der Waals surface area contributed by atoms with Gasteiger partial charge >= 0.3 is 12.6 Å². The van der Waals surface area contributed by atoms with E-state index in [4.69, 9.17) is 4.74 Å². The summed E-state index contributed by atoms with van der Waals surface area (Å²) in [4.78, 5) is 23.8. The Hall–Kier alpha value is -2.18. The average Bonchev–Trinajstić information content (AvgIpc) is 3.17. The smallest absolute Gasteiger partial charge is 0.387 e. The number of amides is 1. The fourth-order valence-electron chi connectivity index (χ4n) is 4.00. The van der Waals surface area contributed by atoms with E-state index in [-0.39, 0.29) is 17.4 Å². The third-order valence-electron chi connectivity index (χ3n) is 5.05. The summed E-state index contributed by atoms with van der Waals surface area (Å²) in [7, 11) is 0. The highest BCUT2D eigenvalue weighted by Gasteiger charge is 2.40. The molecule has 2 aliphatic carbocycles. The van der Waals surface area contributed by atoms with Crippen molar-refractivity contribution in [2.45, 2.75) is 38.7 Å². The van der Waals surface area contributed by atoms with Crippen LogP contribution in [0.3, 0.4) is 0 Å². The van der Waals surface area contributed by atoms with Crippen LogP contribution in [0.4, 0.5) is 14.5 Å². The lowest BCUT2D eigenvalue weighted by Gasteiger charge is -2.20. The molecule has 1 N–H and O–H groups in total. The topological polar surface area (TPSA) is 64.6 Å². The predicted molar refractivity (Wildman–Crippen MR) is 86.2 cm³/mol. The second-order valence-corrected chi connectivity index (χ2v) is 6.72. The Kier molecular flexibility index (Phi) is 5.50. The molecule has 7 heteroatoms. The maximum atomic E-state index is 12.3. The minimum atomic E-state index is -2.99. The first-order valence-electron chi connectivity index (χ1n) is 8.50. The van der Waals surface area contributed by atoms with E-state index in [1.165, 1.54) is 37.5 Å². The highest BCUT2D eigenvalue weighted by atomic mass is 19.3. The lowest BCUT2D eigenvalue weighted by Crippen LogP contribution is -2.23. The number of hydrogen-bond donors (Lipinski definition) is 1. The van der Waals surface area contributed by atoms with Crippen molar-refractivity contribution in [3.63, 3.8) is 0 Å². The normalized spacial score (nSPS) is 24.4. The van der Waals surface area contributed by atoms with Gasteiger partial charge in [0.15, 0.2) is 6.61 Å². The van der Waals surface area contributed by atoms with E-state index < -0.39 is 19.1 Å². The number of alkyl halides is 2. The maximum absolute atomic E-state index is 12.3. The third-order valence-corrected chi connectivity index (χ3v) is 5.05. The molecule has 0 heterocycles. The third kappa shape index (κ3) is 4.67. The van der Waals surface area contributed by atoms with Crippen molar-refractivity contribution < 1.29 is 27.8 Å². The van der Waals surface area contributed by atoms with Crippen molar-refractivity contribution in [1.29, 1.82) is 0 Å². The second-order valence-electron chi connectivity index (χ2n) is 6.72. The Balaban J connectivity index is 1.44. The summed E-state index contributed by atoms with van der Waals surface area (Å²) < 4.78 is 34.0.